The minimum Gasteiger partial charge on any atom is -0.391 e. The Morgan fingerprint density at radius 3 is 2.61 bits per heavy atom. The molecule has 0 aliphatic heterocycles. The van der Waals surface area contributed by atoms with E-state index in [2.05, 4.69) is 30.2 Å². The average Bonchev–Trinajstić information content (AvgIpc) is 2.39. The number of aromatic nitrogens is 1. The first-order valence-corrected chi connectivity index (χ1v) is 6.42. The van der Waals surface area contributed by atoms with Crippen molar-refractivity contribution in [1.29, 1.82) is 5.26 Å². The smallest absolute Gasteiger partial charge is 0.145 e. The van der Waals surface area contributed by atoms with Crippen molar-refractivity contribution in [2.45, 2.75) is 39.7 Å². The molecular weight excluding hydrogens is 226 g/mol. The molecule has 1 unspecified atom stereocenters. The van der Waals surface area contributed by atoms with E-state index in [1.165, 1.54) is 0 Å². The lowest BCUT2D eigenvalue weighted by molar-refractivity contribution is 0.114. The number of nitrogens with one attached hydrogen (secondary N) is 1. The maximum Gasteiger partial charge on any atom is 0.145 e. The summed E-state index contributed by atoms with van der Waals surface area (Å²) in [7, 11) is 0. The molecule has 0 saturated carbocycles. The monoisotopic (exact) mass is 247 g/mol. The summed E-state index contributed by atoms with van der Waals surface area (Å²) in [6, 6.07) is 5.74. The number of anilines is 1. The number of aryl methyl sites for hydroxylation is 1. The molecule has 0 radical (unpaired) electrons. The number of nitrogens with zero attached hydrogens (tertiary/aromatic N) is 2. The third kappa shape index (κ3) is 3.71. The first-order valence-electron chi connectivity index (χ1n) is 6.42. The molecule has 98 valence electrons. The van der Waals surface area contributed by atoms with Crippen molar-refractivity contribution in [3.8, 4) is 6.07 Å². The molecule has 1 heterocycles. The van der Waals surface area contributed by atoms with Gasteiger partial charge in [-0.15, -0.1) is 0 Å². The summed E-state index contributed by atoms with van der Waals surface area (Å²) in [6.07, 6.45) is 1.54. The Balaban J connectivity index is 2.61. The van der Waals surface area contributed by atoms with Crippen LogP contribution in [0.4, 0.5) is 5.82 Å². The van der Waals surface area contributed by atoms with Crippen LogP contribution in [0, 0.1) is 24.2 Å². The van der Waals surface area contributed by atoms with Crippen molar-refractivity contribution in [3.05, 3.63) is 23.4 Å². The summed E-state index contributed by atoms with van der Waals surface area (Å²) >= 11 is 0. The number of hydrogen-bond donors (Lipinski definition) is 2. The predicted octanol–water partition coefficient (Wildman–Crippen LogP) is 2.47. The summed E-state index contributed by atoms with van der Waals surface area (Å²) in [6.45, 7) is 6.48. The molecule has 0 aromatic carbocycles. The molecule has 1 atom stereocenters. The number of hydrogen-bond acceptors (Lipinski definition) is 4. The SMILES string of the molecule is CCC(CC)C(O)CNc1ccc(C)c(C#N)n1. The largest absolute Gasteiger partial charge is 0.391 e. The van der Waals surface area contributed by atoms with Gasteiger partial charge < -0.3 is 10.4 Å². The molecule has 0 fully saturated rings. The van der Waals surface area contributed by atoms with Crippen molar-refractivity contribution < 1.29 is 5.11 Å². The zero-order chi connectivity index (χ0) is 13.5. The predicted molar refractivity (Wildman–Crippen MR) is 72.3 cm³/mol. The summed E-state index contributed by atoms with van der Waals surface area (Å²) in [5.74, 6) is 0.945. The number of aliphatic hydroxyl groups excluding tert-OH is 1. The summed E-state index contributed by atoms with van der Waals surface area (Å²) in [5.41, 5.74) is 1.29. The van der Waals surface area contributed by atoms with Gasteiger partial charge in [0.2, 0.25) is 0 Å². The quantitative estimate of drug-likeness (QED) is 0.810. The number of nitriles is 1. The minimum atomic E-state index is -0.381. The van der Waals surface area contributed by atoms with E-state index < -0.39 is 0 Å². The van der Waals surface area contributed by atoms with E-state index in [1.54, 1.807) is 0 Å². The van der Waals surface area contributed by atoms with Crippen LogP contribution in [0.25, 0.3) is 0 Å². The first kappa shape index (κ1) is 14.5. The second kappa shape index (κ2) is 6.97. The van der Waals surface area contributed by atoms with Crippen LogP contribution in [0.2, 0.25) is 0 Å². The number of pyridine rings is 1. The van der Waals surface area contributed by atoms with E-state index in [0.29, 0.717) is 24.0 Å². The van der Waals surface area contributed by atoms with Gasteiger partial charge in [-0.25, -0.2) is 4.98 Å². The summed E-state index contributed by atoms with van der Waals surface area (Å²) < 4.78 is 0. The van der Waals surface area contributed by atoms with Crippen LogP contribution >= 0.6 is 0 Å². The van der Waals surface area contributed by atoms with Crippen molar-refractivity contribution in [3.63, 3.8) is 0 Å². The fourth-order valence-electron chi connectivity index (χ4n) is 1.95. The van der Waals surface area contributed by atoms with Gasteiger partial charge in [0.05, 0.1) is 6.10 Å². The Kier molecular flexibility index (Phi) is 5.60. The van der Waals surface area contributed by atoms with Gasteiger partial charge in [0, 0.05) is 6.54 Å². The van der Waals surface area contributed by atoms with Crippen LogP contribution < -0.4 is 5.32 Å². The van der Waals surface area contributed by atoms with E-state index in [-0.39, 0.29) is 6.10 Å². The molecule has 0 spiro atoms. The van der Waals surface area contributed by atoms with Crippen molar-refractivity contribution in [1.82, 2.24) is 4.98 Å². The number of rotatable bonds is 6. The molecule has 4 nitrogen and oxygen atoms in total. The highest BCUT2D eigenvalue weighted by molar-refractivity contribution is 5.42. The van der Waals surface area contributed by atoms with Gasteiger partial charge in [0.15, 0.2) is 0 Å². The highest BCUT2D eigenvalue weighted by atomic mass is 16.3. The van der Waals surface area contributed by atoms with Gasteiger partial charge in [0.1, 0.15) is 17.6 Å². The van der Waals surface area contributed by atoms with E-state index in [9.17, 15) is 5.11 Å². The van der Waals surface area contributed by atoms with Gasteiger partial charge in [-0.05, 0) is 24.5 Å². The third-order valence-corrected chi connectivity index (χ3v) is 3.29. The fraction of sp³-hybridized carbons (Fsp3) is 0.571. The zero-order valence-electron chi connectivity index (χ0n) is 11.3. The number of aliphatic hydroxyl groups is 1. The molecule has 18 heavy (non-hydrogen) atoms. The minimum absolute atomic E-state index is 0.304. The van der Waals surface area contributed by atoms with Crippen LogP contribution in [0.5, 0.6) is 0 Å². The molecule has 0 bridgehead atoms. The summed E-state index contributed by atoms with van der Waals surface area (Å²) in [4.78, 5) is 4.19. The topological polar surface area (TPSA) is 68.9 Å². The van der Waals surface area contributed by atoms with E-state index in [0.717, 1.165) is 18.4 Å². The normalized spacial score (nSPS) is 12.2. The molecule has 0 amide bonds. The molecule has 1 aromatic heterocycles. The molecule has 1 rings (SSSR count). The third-order valence-electron chi connectivity index (χ3n) is 3.29. The van der Waals surface area contributed by atoms with E-state index in [4.69, 9.17) is 5.26 Å². The first-order chi connectivity index (χ1) is 8.62. The van der Waals surface area contributed by atoms with Crippen molar-refractivity contribution >= 4 is 5.82 Å². The molecule has 1 aromatic rings. The van der Waals surface area contributed by atoms with E-state index >= 15 is 0 Å². The molecule has 0 aliphatic rings. The van der Waals surface area contributed by atoms with Crippen molar-refractivity contribution in [2.75, 3.05) is 11.9 Å². The lowest BCUT2D eigenvalue weighted by Gasteiger charge is -2.20. The Labute approximate surface area is 109 Å². The maximum atomic E-state index is 10.00. The maximum absolute atomic E-state index is 10.00. The lowest BCUT2D eigenvalue weighted by Crippen LogP contribution is -2.28. The van der Waals surface area contributed by atoms with Crippen LogP contribution in [0.3, 0.4) is 0 Å². The molecule has 0 aliphatic carbocycles. The van der Waals surface area contributed by atoms with Crippen LogP contribution in [-0.4, -0.2) is 22.7 Å². The zero-order valence-corrected chi connectivity index (χ0v) is 11.3. The molecular formula is C14H21N3O. The second-order valence-electron chi connectivity index (χ2n) is 4.50. The van der Waals surface area contributed by atoms with Crippen LogP contribution in [0.15, 0.2) is 12.1 Å². The Hall–Kier alpha value is -1.60. The Morgan fingerprint density at radius 1 is 1.39 bits per heavy atom. The van der Waals surface area contributed by atoms with Gasteiger partial charge in [0.25, 0.3) is 0 Å². The molecule has 4 heteroatoms. The van der Waals surface area contributed by atoms with E-state index in [1.807, 2.05) is 19.1 Å². The highest BCUT2D eigenvalue weighted by Crippen LogP contribution is 2.14. The molecule has 2 N–H and O–H groups in total. The summed E-state index contributed by atoms with van der Waals surface area (Å²) in [5, 5.41) is 22.0. The van der Waals surface area contributed by atoms with Gasteiger partial charge >= 0.3 is 0 Å². The van der Waals surface area contributed by atoms with Gasteiger partial charge in [-0.2, -0.15) is 5.26 Å². The lowest BCUT2D eigenvalue weighted by atomic mass is 9.96. The second-order valence-corrected chi connectivity index (χ2v) is 4.50. The average molecular weight is 247 g/mol. The highest BCUT2D eigenvalue weighted by Gasteiger charge is 2.15. The fourth-order valence-corrected chi connectivity index (χ4v) is 1.95. The van der Waals surface area contributed by atoms with Crippen LogP contribution in [-0.2, 0) is 0 Å². The van der Waals surface area contributed by atoms with Gasteiger partial charge in [-0.1, -0.05) is 32.8 Å². The van der Waals surface area contributed by atoms with Crippen LogP contribution in [0.1, 0.15) is 37.9 Å². The molecule has 0 saturated heterocycles. The van der Waals surface area contributed by atoms with Crippen molar-refractivity contribution in [2.24, 2.45) is 5.92 Å². The Bertz CT molecular complexity index is 422. The standard InChI is InChI=1S/C14H21N3O/c1-4-11(5-2)13(18)9-16-14-7-6-10(3)12(8-15)17-14/h6-7,11,13,18H,4-5,9H2,1-3H3,(H,16,17). The van der Waals surface area contributed by atoms with Gasteiger partial charge in [-0.3, -0.25) is 0 Å². The Morgan fingerprint density at radius 2 is 2.06 bits per heavy atom.